The van der Waals surface area contributed by atoms with Crippen molar-refractivity contribution in [1.82, 2.24) is 4.90 Å². The van der Waals surface area contributed by atoms with Crippen LogP contribution in [0.15, 0.2) is 24.3 Å². The zero-order chi connectivity index (χ0) is 15.0. The summed E-state index contributed by atoms with van der Waals surface area (Å²) in [5.41, 5.74) is 5.62. The Bertz CT molecular complexity index is 443. The number of rotatable bonds is 8. The van der Waals surface area contributed by atoms with Crippen LogP contribution in [0.3, 0.4) is 0 Å². The first kappa shape index (κ1) is 16.0. The van der Waals surface area contributed by atoms with Gasteiger partial charge in [-0.1, -0.05) is 13.3 Å². The molecule has 0 aromatic heterocycles. The highest BCUT2D eigenvalue weighted by Gasteiger charge is 2.13. The second-order valence-corrected chi connectivity index (χ2v) is 4.52. The van der Waals surface area contributed by atoms with E-state index >= 15 is 0 Å². The van der Waals surface area contributed by atoms with E-state index in [0.29, 0.717) is 17.9 Å². The van der Waals surface area contributed by atoms with Gasteiger partial charge < -0.3 is 15.4 Å². The number of ether oxygens (including phenoxy) is 1. The van der Waals surface area contributed by atoms with Gasteiger partial charge in [-0.05, 0) is 37.6 Å². The Kier molecular flexibility index (Phi) is 6.56. The van der Waals surface area contributed by atoms with Gasteiger partial charge in [0.2, 0.25) is 0 Å². The van der Waals surface area contributed by atoms with E-state index in [2.05, 4.69) is 6.92 Å². The maximum Gasteiger partial charge on any atom is 0.255 e. The lowest BCUT2D eigenvalue weighted by Crippen LogP contribution is -2.31. The summed E-state index contributed by atoms with van der Waals surface area (Å²) in [5.74, 6) is 0.0150. The fourth-order valence-electron chi connectivity index (χ4n) is 1.78. The maximum absolute atomic E-state index is 12.3. The van der Waals surface area contributed by atoms with Crippen molar-refractivity contribution in [1.29, 1.82) is 0 Å². The summed E-state index contributed by atoms with van der Waals surface area (Å²) in [4.78, 5) is 24.7. The molecule has 0 aliphatic rings. The van der Waals surface area contributed by atoms with Gasteiger partial charge in [-0.3, -0.25) is 9.59 Å². The minimum absolute atomic E-state index is 0.0161. The molecule has 0 heterocycles. The van der Waals surface area contributed by atoms with Crippen molar-refractivity contribution in [3.63, 3.8) is 0 Å². The molecule has 0 spiro atoms. The van der Waals surface area contributed by atoms with Crippen LogP contribution in [0.25, 0.3) is 0 Å². The van der Waals surface area contributed by atoms with Gasteiger partial charge in [-0.25, -0.2) is 0 Å². The number of nitrogens with two attached hydrogens (primary N) is 1. The summed E-state index contributed by atoms with van der Waals surface area (Å²) in [7, 11) is 0. The third-order valence-corrected chi connectivity index (χ3v) is 2.93. The molecule has 0 atom stereocenters. The summed E-state index contributed by atoms with van der Waals surface area (Å²) < 4.78 is 5.15. The van der Waals surface area contributed by atoms with Gasteiger partial charge in [0.05, 0.1) is 0 Å². The molecule has 0 unspecified atom stereocenters. The fraction of sp³-hybridized carbons (Fsp3) is 0.467. The molecule has 0 saturated heterocycles. The summed E-state index contributed by atoms with van der Waals surface area (Å²) in [6, 6.07) is 6.74. The standard InChI is InChI=1S/C15H22N2O3/c1-3-5-10-17(4-2)15(19)12-6-8-13(9-7-12)20-11-14(16)18/h6-9H,3-5,10-11H2,1-2H3,(H2,16,18). The topological polar surface area (TPSA) is 72.6 Å². The normalized spacial score (nSPS) is 10.1. The van der Waals surface area contributed by atoms with Crippen molar-refractivity contribution < 1.29 is 14.3 Å². The van der Waals surface area contributed by atoms with Gasteiger partial charge in [0.1, 0.15) is 5.75 Å². The Morgan fingerprint density at radius 1 is 1.20 bits per heavy atom. The molecule has 0 fully saturated rings. The highest BCUT2D eigenvalue weighted by Crippen LogP contribution is 2.14. The monoisotopic (exact) mass is 278 g/mol. The zero-order valence-corrected chi connectivity index (χ0v) is 12.1. The lowest BCUT2D eigenvalue weighted by atomic mass is 10.2. The summed E-state index contributed by atoms with van der Waals surface area (Å²) in [5, 5.41) is 0. The molecule has 1 aromatic carbocycles. The second kappa shape index (κ2) is 8.19. The van der Waals surface area contributed by atoms with Gasteiger partial charge in [0.25, 0.3) is 11.8 Å². The molecule has 0 aliphatic heterocycles. The van der Waals surface area contributed by atoms with Crippen LogP contribution in [-0.4, -0.2) is 36.4 Å². The maximum atomic E-state index is 12.3. The van der Waals surface area contributed by atoms with Crippen LogP contribution in [0, 0.1) is 0 Å². The number of nitrogens with zero attached hydrogens (tertiary/aromatic N) is 1. The van der Waals surface area contributed by atoms with Crippen molar-refractivity contribution in [3.05, 3.63) is 29.8 Å². The SMILES string of the molecule is CCCCN(CC)C(=O)c1ccc(OCC(N)=O)cc1. The van der Waals surface area contributed by atoms with Crippen LogP contribution < -0.4 is 10.5 Å². The van der Waals surface area contributed by atoms with E-state index in [0.717, 1.165) is 19.4 Å². The molecule has 0 radical (unpaired) electrons. The van der Waals surface area contributed by atoms with E-state index in [1.54, 1.807) is 24.3 Å². The Balaban J connectivity index is 2.66. The van der Waals surface area contributed by atoms with Gasteiger partial charge in [0, 0.05) is 18.7 Å². The fourth-order valence-corrected chi connectivity index (χ4v) is 1.78. The Morgan fingerprint density at radius 2 is 1.85 bits per heavy atom. The second-order valence-electron chi connectivity index (χ2n) is 4.52. The number of carbonyl (C=O) groups is 2. The van der Waals surface area contributed by atoms with Crippen molar-refractivity contribution in [3.8, 4) is 5.75 Å². The average Bonchev–Trinajstić information content (AvgIpc) is 2.46. The number of hydrogen-bond acceptors (Lipinski definition) is 3. The third-order valence-electron chi connectivity index (χ3n) is 2.93. The van der Waals surface area contributed by atoms with Crippen molar-refractivity contribution in [2.75, 3.05) is 19.7 Å². The van der Waals surface area contributed by atoms with E-state index in [-0.39, 0.29) is 12.5 Å². The lowest BCUT2D eigenvalue weighted by molar-refractivity contribution is -0.119. The van der Waals surface area contributed by atoms with E-state index in [9.17, 15) is 9.59 Å². The van der Waals surface area contributed by atoms with E-state index in [4.69, 9.17) is 10.5 Å². The van der Waals surface area contributed by atoms with Crippen molar-refractivity contribution in [2.45, 2.75) is 26.7 Å². The molecule has 20 heavy (non-hydrogen) atoms. The largest absolute Gasteiger partial charge is 0.484 e. The molecule has 110 valence electrons. The van der Waals surface area contributed by atoms with Crippen molar-refractivity contribution >= 4 is 11.8 Å². The van der Waals surface area contributed by atoms with E-state index in [1.165, 1.54) is 0 Å². The van der Waals surface area contributed by atoms with E-state index < -0.39 is 5.91 Å². The number of primary amides is 1. The first-order chi connectivity index (χ1) is 9.58. The third kappa shape index (κ3) is 4.91. The number of hydrogen-bond donors (Lipinski definition) is 1. The van der Waals surface area contributed by atoms with Crippen molar-refractivity contribution in [2.24, 2.45) is 5.73 Å². The lowest BCUT2D eigenvalue weighted by Gasteiger charge is -2.20. The minimum Gasteiger partial charge on any atom is -0.484 e. The zero-order valence-electron chi connectivity index (χ0n) is 12.1. The molecule has 5 nitrogen and oxygen atoms in total. The molecular formula is C15H22N2O3. The molecule has 2 amide bonds. The van der Waals surface area contributed by atoms with Crippen LogP contribution in [0.1, 0.15) is 37.0 Å². The number of unbranched alkanes of at least 4 members (excludes halogenated alkanes) is 1. The summed E-state index contributed by atoms with van der Waals surface area (Å²) in [6.45, 7) is 5.37. The Labute approximate surface area is 119 Å². The first-order valence-electron chi connectivity index (χ1n) is 6.88. The highest BCUT2D eigenvalue weighted by atomic mass is 16.5. The molecule has 0 bridgehead atoms. The predicted molar refractivity (Wildman–Crippen MR) is 77.6 cm³/mol. The van der Waals surface area contributed by atoms with Gasteiger partial charge in [-0.15, -0.1) is 0 Å². The quantitative estimate of drug-likeness (QED) is 0.788. The van der Waals surface area contributed by atoms with Crippen LogP contribution in [0.4, 0.5) is 0 Å². The van der Waals surface area contributed by atoms with Crippen LogP contribution in [0.5, 0.6) is 5.75 Å². The Morgan fingerprint density at radius 3 is 2.35 bits per heavy atom. The van der Waals surface area contributed by atoms with Crippen LogP contribution in [-0.2, 0) is 4.79 Å². The highest BCUT2D eigenvalue weighted by molar-refractivity contribution is 5.94. The molecule has 1 rings (SSSR count). The molecule has 0 saturated carbocycles. The van der Waals surface area contributed by atoms with Crippen LogP contribution >= 0.6 is 0 Å². The molecule has 0 aliphatic carbocycles. The Hall–Kier alpha value is -2.04. The van der Waals surface area contributed by atoms with Crippen LogP contribution in [0.2, 0.25) is 0 Å². The minimum atomic E-state index is -0.526. The molecular weight excluding hydrogens is 256 g/mol. The predicted octanol–water partition coefficient (Wildman–Crippen LogP) is 1.81. The van der Waals surface area contributed by atoms with E-state index in [1.807, 2.05) is 11.8 Å². The average molecular weight is 278 g/mol. The van der Waals surface area contributed by atoms with Gasteiger partial charge in [0.15, 0.2) is 6.61 Å². The first-order valence-corrected chi connectivity index (χ1v) is 6.88. The number of amides is 2. The summed E-state index contributed by atoms with van der Waals surface area (Å²) in [6.07, 6.45) is 2.06. The summed E-state index contributed by atoms with van der Waals surface area (Å²) >= 11 is 0. The van der Waals surface area contributed by atoms with Gasteiger partial charge >= 0.3 is 0 Å². The molecule has 1 aromatic rings. The number of benzene rings is 1. The molecule has 5 heteroatoms. The number of carbonyl (C=O) groups excluding carboxylic acids is 2. The molecule has 2 N–H and O–H groups in total. The smallest absolute Gasteiger partial charge is 0.255 e. The van der Waals surface area contributed by atoms with Gasteiger partial charge in [-0.2, -0.15) is 0 Å².